The van der Waals surface area contributed by atoms with Crippen LogP contribution < -0.4 is 5.73 Å². The number of carbonyl (C=O) groups is 1. The van der Waals surface area contributed by atoms with Crippen molar-refractivity contribution in [3.63, 3.8) is 0 Å². The van der Waals surface area contributed by atoms with Crippen LogP contribution in [-0.4, -0.2) is 29.4 Å². The van der Waals surface area contributed by atoms with Gasteiger partial charge >= 0.3 is 0 Å². The maximum Gasteiger partial charge on any atom is 0.242 e. The van der Waals surface area contributed by atoms with Crippen molar-refractivity contribution in [2.45, 2.75) is 57.0 Å². The third kappa shape index (κ3) is 3.37. The number of rotatable bonds is 4. The van der Waals surface area contributed by atoms with Gasteiger partial charge in [-0.3, -0.25) is 4.79 Å². The lowest BCUT2D eigenvalue weighted by Gasteiger charge is -2.37. The van der Waals surface area contributed by atoms with Crippen molar-refractivity contribution in [2.75, 3.05) is 7.05 Å². The maximum atomic E-state index is 12.6. The van der Waals surface area contributed by atoms with E-state index in [1.54, 1.807) is 11.3 Å². The largest absolute Gasteiger partial charge is 0.341 e. The average molecular weight is 280 g/mol. The summed E-state index contributed by atoms with van der Waals surface area (Å²) in [4.78, 5) is 15.8. The molecule has 0 bridgehead atoms. The van der Waals surface area contributed by atoms with Crippen molar-refractivity contribution in [1.29, 1.82) is 0 Å². The van der Waals surface area contributed by atoms with E-state index in [4.69, 9.17) is 5.73 Å². The van der Waals surface area contributed by atoms with E-state index in [1.165, 1.54) is 11.3 Å². The smallest absolute Gasteiger partial charge is 0.242 e. The molecule has 19 heavy (non-hydrogen) atoms. The molecular weight excluding hydrogens is 256 g/mol. The van der Waals surface area contributed by atoms with Gasteiger partial charge < -0.3 is 10.6 Å². The zero-order valence-corrected chi connectivity index (χ0v) is 12.7. The Bertz CT molecular complexity index is 410. The van der Waals surface area contributed by atoms with E-state index in [9.17, 15) is 4.79 Å². The molecule has 2 N–H and O–H groups in total. The van der Waals surface area contributed by atoms with Gasteiger partial charge in [-0.2, -0.15) is 0 Å². The first-order valence-electron chi connectivity index (χ1n) is 7.11. The van der Waals surface area contributed by atoms with Gasteiger partial charge in [0.1, 0.15) is 0 Å². The highest BCUT2D eigenvalue weighted by molar-refractivity contribution is 7.09. The molecule has 0 spiro atoms. The minimum absolute atomic E-state index is 0.122. The third-order valence-electron chi connectivity index (χ3n) is 4.23. The maximum absolute atomic E-state index is 12.6. The highest BCUT2D eigenvalue weighted by Crippen LogP contribution is 2.28. The Balaban J connectivity index is 1.97. The highest BCUT2D eigenvalue weighted by Gasteiger charge is 2.38. The molecule has 1 unspecified atom stereocenters. The summed E-state index contributed by atoms with van der Waals surface area (Å²) in [6, 6.07) is 4.38. The lowest BCUT2D eigenvalue weighted by Crippen LogP contribution is -2.57. The van der Waals surface area contributed by atoms with Crippen molar-refractivity contribution in [1.82, 2.24) is 4.90 Å². The standard InChI is InChI=1S/C15H24N2OS/c1-12(11-13-7-6-10-19-13)17(2)14(18)15(16)8-4-3-5-9-15/h6-7,10,12H,3-5,8-9,11,16H2,1-2H3. The van der Waals surface area contributed by atoms with Crippen LogP contribution in [0.25, 0.3) is 0 Å². The van der Waals surface area contributed by atoms with Gasteiger partial charge in [0, 0.05) is 24.4 Å². The lowest BCUT2D eigenvalue weighted by atomic mass is 9.81. The molecule has 0 radical (unpaired) electrons. The van der Waals surface area contributed by atoms with Crippen LogP contribution in [0.15, 0.2) is 17.5 Å². The number of likely N-dealkylation sites (N-methyl/N-ethyl adjacent to an activating group) is 1. The van der Waals surface area contributed by atoms with E-state index < -0.39 is 5.54 Å². The Hall–Kier alpha value is -0.870. The number of thiophene rings is 1. The summed E-state index contributed by atoms with van der Waals surface area (Å²) in [5, 5.41) is 2.08. The summed E-state index contributed by atoms with van der Waals surface area (Å²) in [6.45, 7) is 2.10. The molecule has 1 atom stereocenters. The second-order valence-electron chi connectivity index (χ2n) is 5.77. The van der Waals surface area contributed by atoms with Crippen LogP contribution in [0.4, 0.5) is 0 Å². The molecule has 106 valence electrons. The van der Waals surface area contributed by atoms with E-state index in [0.29, 0.717) is 0 Å². The Morgan fingerprint density at radius 1 is 1.47 bits per heavy atom. The fraction of sp³-hybridized carbons (Fsp3) is 0.667. The number of nitrogens with two attached hydrogens (primary N) is 1. The van der Waals surface area contributed by atoms with Gasteiger partial charge in [0.25, 0.3) is 0 Å². The summed E-state index contributed by atoms with van der Waals surface area (Å²) in [5.74, 6) is 0.122. The molecular formula is C15H24N2OS. The van der Waals surface area contributed by atoms with Crippen molar-refractivity contribution in [3.05, 3.63) is 22.4 Å². The van der Waals surface area contributed by atoms with Crippen molar-refractivity contribution in [2.24, 2.45) is 5.73 Å². The first-order chi connectivity index (χ1) is 9.03. The van der Waals surface area contributed by atoms with Crippen molar-refractivity contribution < 1.29 is 4.79 Å². The van der Waals surface area contributed by atoms with Crippen LogP contribution in [0, 0.1) is 0 Å². The van der Waals surface area contributed by atoms with Gasteiger partial charge in [0.15, 0.2) is 0 Å². The quantitative estimate of drug-likeness (QED) is 0.922. The predicted octanol–water partition coefficient (Wildman–Crippen LogP) is 2.80. The van der Waals surface area contributed by atoms with Crippen LogP contribution in [0.3, 0.4) is 0 Å². The topological polar surface area (TPSA) is 46.3 Å². The van der Waals surface area contributed by atoms with E-state index in [0.717, 1.165) is 32.1 Å². The van der Waals surface area contributed by atoms with Crippen LogP contribution in [0.2, 0.25) is 0 Å². The Morgan fingerprint density at radius 3 is 2.74 bits per heavy atom. The Labute approximate surface area is 119 Å². The van der Waals surface area contributed by atoms with Gasteiger partial charge in [0.05, 0.1) is 5.54 Å². The van der Waals surface area contributed by atoms with Crippen LogP contribution in [-0.2, 0) is 11.2 Å². The number of carbonyl (C=O) groups excluding carboxylic acids is 1. The molecule has 1 amide bonds. The van der Waals surface area contributed by atoms with Crippen LogP contribution in [0.1, 0.15) is 43.9 Å². The van der Waals surface area contributed by atoms with Gasteiger partial charge in [-0.15, -0.1) is 11.3 Å². The van der Waals surface area contributed by atoms with Gasteiger partial charge in [0.2, 0.25) is 5.91 Å². The highest BCUT2D eigenvalue weighted by atomic mass is 32.1. The normalized spacial score (nSPS) is 19.9. The molecule has 0 aromatic carbocycles. The van der Waals surface area contributed by atoms with Crippen molar-refractivity contribution in [3.8, 4) is 0 Å². The van der Waals surface area contributed by atoms with Crippen LogP contribution in [0.5, 0.6) is 0 Å². The molecule has 1 saturated carbocycles. The Kier molecular flexibility index (Phi) is 4.63. The zero-order valence-electron chi connectivity index (χ0n) is 11.9. The minimum Gasteiger partial charge on any atom is -0.341 e. The number of nitrogens with zero attached hydrogens (tertiary/aromatic N) is 1. The predicted molar refractivity (Wildman–Crippen MR) is 80.3 cm³/mol. The fourth-order valence-electron chi connectivity index (χ4n) is 2.80. The molecule has 0 aliphatic heterocycles. The zero-order chi connectivity index (χ0) is 13.9. The minimum atomic E-state index is -0.614. The van der Waals surface area contributed by atoms with E-state index >= 15 is 0 Å². The summed E-state index contributed by atoms with van der Waals surface area (Å²) >= 11 is 1.75. The molecule has 1 aliphatic rings. The van der Waals surface area contributed by atoms with E-state index in [1.807, 2.05) is 11.9 Å². The van der Waals surface area contributed by atoms with Crippen molar-refractivity contribution >= 4 is 17.2 Å². The summed E-state index contributed by atoms with van der Waals surface area (Å²) in [6.07, 6.45) is 5.95. The molecule has 2 rings (SSSR count). The number of hydrogen-bond donors (Lipinski definition) is 1. The fourth-order valence-corrected chi connectivity index (χ4v) is 3.63. The second-order valence-corrected chi connectivity index (χ2v) is 6.80. The van der Waals surface area contributed by atoms with E-state index in [-0.39, 0.29) is 11.9 Å². The second kappa shape index (κ2) is 6.06. The molecule has 1 fully saturated rings. The van der Waals surface area contributed by atoms with Gasteiger partial charge in [-0.1, -0.05) is 25.3 Å². The molecule has 1 heterocycles. The lowest BCUT2D eigenvalue weighted by molar-refractivity contribution is -0.138. The first-order valence-corrected chi connectivity index (χ1v) is 7.99. The number of amides is 1. The molecule has 1 aliphatic carbocycles. The molecule has 4 heteroatoms. The molecule has 1 aromatic heterocycles. The molecule has 0 saturated heterocycles. The summed E-state index contributed by atoms with van der Waals surface area (Å²) in [7, 11) is 1.89. The number of hydrogen-bond acceptors (Lipinski definition) is 3. The summed E-state index contributed by atoms with van der Waals surface area (Å²) in [5.41, 5.74) is 5.71. The Morgan fingerprint density at radius 2 is 2.16 bits per heavy atom. The van der Waals surface area contributed by atoms with Gasteiger partial charge in [-0.25, -0.2) is 0 Å². The van der Waals surface area contributed by atoms with Gasteiger partial charge in [-0.05, 0) is 31.2 Å². The first kappa shape index (κ1) is 14.5. The average Bonchev–Trinajstić information content (AvgIpc) is 2.90. The molecule has 3 nitrogen and oxygen atoms in total. The van der Waals surface area contributed by atoms with Crippen LogP contribution >= 0.6 is 11.3 Å². The monoisotopic (exact) mass is 280 g/mol. The SMILES string of the molecule is CC(Cc1cccs1)N(C)C(=O)C1(N)CCCCC1. The summed E-state index contributed by atoms with van der Waals surface area (Å²) < 4.78 is 0. The van der Waals surface area contributed by atoms with E-state index in [2.05, 4.69) is 24.4 Å². The third-order valence-corrected chi connectivity index (χ3v) is 5.13. The molecule has 1 aromatic rings.